The van der Waals surface area contributed by atoms with E-state index in [0.717, 1.165) is 37.0 Å². The molecule has 0 aromatic heterocycles. The van der Waals surface area contributed by atoms with Crippen molar-refractivity contribution in [3.05, 3.63) is 17.7 Å². The first-order chi connectivity index (χ1) is 16.8. The Hall–Kier alpha value is -3.10. The lowest BCUT2D eigenvalue weighted by atomic mass is 9.49. The van der Waals surface area contributed by atoms with Crippen LogP contribution in [0.25, 0.3) is 0 Å². The molecule has 0 saturated heterocycles. The van der Waals surface area contributed by atoms with Crippen LogP contribution in [0.15, 0.2) is 17.2 Å². The molecule has 3 N–H and O–H groups in total. The largest absolute Gasteiger partial charge is 0.481 e. The number of aliphatic carboxylic acids is 1. The maximum atomic E-state index is 12.9. The molecule has 4 aliphatic carbocycles. The molecule has 0 unspecified atom stereocenters. The molecule has 6 rings (SSSR count). The number of benzene rings is 1. The van der Waals surface area contributed by atoms with Gasteiger partial charge in [0.1, 0.15) is 0 Å². The number of carboxylic acids is 1. The molecule has 4 fully saturated rings. The number of anilines is 1. The zero-order valence-electron chi connectivity index (χ0n) is 20.1. The summed E-state index contributed by atoms with van der Waals surface area (Å²) in [5, 5.41) is 16.0. The number of nitrogens with zero attached hydrogens (tertiary/aromatic N) is 1. The van der Waals surface area contributed by atoms with E-state index in [4.69, 9.17) is 14.6 Å². The predicted octanol–water partition coefficient (Wildman–Crippen LogP) is 4.06. The summed E-state index contributed by atoms with van der Waals surface area (Å²) in [5.74, 6) is 2.11. The maximum absolute atomic E-state index is 12.9. The van der Waals surface area contributed by atoms with Gasteiger partial charge in [0.25, 0.3) is 0 Å². The third-order valence-corrected chi connectivity index (χ3v) is 8.02. The average Bonchev–Trinajstić information content (AvgIpc) is 3.23. The Morgan fingerprint density at radius 1 is 1.00 bits per heavy atom. The summed E-state index contributed by atoms with van der Waals surface area (Å²) < 4.78 is 10.9. The van der Waals surface area contributed by atoms with Crippen molar-refractivity contribution in [2.75, 3.05) is 12.1 Å². The number of carbonyl (C=O) groups excluding carboxylic acids is 2. The van der Waals surface area contributed by atoms with E-state index < -0.39 is 5.97 Å². The van der Waals surface area contributed by atoms with Crippen molar-refractivity contribution in [2.24, 2.45) is 28.3 Å². The third-order valence-electron chi connectivity index (χ3n) is 8.02. The highest BCUT2D eigenvalue weighted by Crippen LogP contribution is 2.61. The molecule has 1 heterocycles. The van der Waals surface area contributed by atoms with Crippen molar-refractivity contribution in [2.45, 2.75) is 71.1 Å². The van der Waals surface area contributed by atoms with Crippen LogP contribution in [0.5, 0.6) is 11.5 Å². The second-order valence-corrected chi connectivity index (χ2v) is 10.9. The van der Waals surface area contributed by atoms with Gasteiger partial charge in [0.05, 0.1) is 11.4 Å². The van der Waals surface area contributed by atoms with Crippen molar-refractivity contribution < 1.29 is 29.0 Å². The van der Waals surface area contributed by atoms with Gasteiger partial charge in [-0.25, -0.2) is 5.43 Å². The maximum Gasteiger partial charge on any atom is 0.303 e. The highest BCUT2D eigenvalue weighted by Gasteiger charge is 2.51. The van der Waals surface area contributed by atoms with E-state index in [1.54, 1.807) is 19.1 Å². The van der Waals surface area contributed by atoms with Gasteiger partial charge in [0.2, 0.25) is 18.6 Å². The van der Waals surface area contributed by atoms with Crippen LogP contribution < -0.4 is 20.2 Å². The van der Waals surface area contributed by atoms with Crippen molar-refractivity contribution in [1.82, 2.24) is 5.43 Å². The fourth-order valence-electron chi connectivity index (χ4n) is 7.05. The van der Waals surface area contributed by atoms with Crippen LogP contribution in [0, 0.1) is 23.2 Å². The number of ether oxygens (including phenoxy) is 2. The molecule has 4 saturated carbocycles. The molecule has 0 atom stereocenters. The monoisotopic (exact) mass is 483 g/mol. The van der Waals surface area contributed by atoms with Gasteiger partial charge in [-0.1, -0.05) is 0 Å². The molecule has 5 aliphatic rings. The second-order valence-electron chi connectivity index (χ2n) is 10.9. The Balaban J connectivity index is 1.26. The Kier molecular flexibility index (Phi) is 6.42. The number of carbonyl (C=O) groups is 3. The van der Waals surface area contributed by atoms with Crippen LogP contribution in [0.4, 0.5) is 5.69 Å². The van der Waals surface area contributed by atoms with Crippen LogP contribution in [0.1, 0.15) is 76.7 Å². The summed E-state index contributed by atoms with van der Waals surface area (Å²) in [5.41, 5.74) is 4.50. The van der Waals surface area contributed by atoms with Gasteiger partial charge in [-0.2, -0.15) is 5.10 Å². The van der Waals surface area contributed by atoms with E-state index in [1.807, 2.05) is 0 Å². The highest BCUT2D eigenvalue weighted by atomic mass is 16.7. The van der Waals surface area contributed by atoms with Crippen LogP contribution in [-0.2, 0) is 14.4 Å². The SMILES string of the molecule is C/C(=N/NC(=O)CC12CC3CC(CC(C3)C1)C2)c1cc2c(cc1NC(=O)CCCC(=O)O)OCO2. The zero-order chi connectivity index (χ0) is 24.6. The minimum Gasteiger partial charge on any atom is -0.481 e. The number of rotatable bonds is 9. The molecule has 1 aromatic rings. The summed E-state index contributed by atoms with van der Waals surface area (Å²) in [6.07, 6.45) is 8.28. The summed E-state index contributed by atoms with van der Waals surface area (Å²) in [6.45, 7) is 1.85. The first-order valence-electron chi connectivity index (χ1n) is 12.6. The van der Waals surface area contributed by atoms with Gasteiger partial charge in [0.15, 0.2) is 11.5 Å². The molecule has 0 radical (unpaired) electrons. The number of carboxylic acid groups (broad SMARTS) is 1. The summed E-state index contributed by atoms with van der Waals surface area (Å²) in [4.78, 5) is 36.0. The second kappa shape index (κ2) is 9.51. The average molecular weight is 484 g/mol. The van der Waals surface area contributed by atoms with E-state index in [1.165, 1.54) is 19.3 Å². The molecule has 1 aromatic carbocycles. The summed E-state index contributed by atoms with van der Waals surface area (Å²) in [6, 6.07) is 3.41. The predicted molar refractivity (Wildman–Crippen MR) is 128 cm³/mol. The van der Waals surface area contributed by atoms with Gasteiger partial charge in [-0.15, -0.1) is 0 Å². The molecule has 1 aliphatic heterocycles. The lowest BCUT2D eigenvalue weighted by Gasteiger charge is -2.56. The fraction of sp³-hybridized carbons (Fsp3) is 0.615. The molecule has 35 heavy (non-hydrogen) atoms. The zero-order valence-corrected chi connectivity index (χ0v) is 20.1. The Labute approximate surface area is 204 Å². The van der Waals surface area contributed by atoms with Gasteiger partial charge in [0, 0.05) is 30.9 Å². The molecular weight excluding hydrogens is 450 g/mol. The van der Waals surface area contributed by atoms with Crippen molar-refractivity contribution in [3.63, 3.8) is 0 Å². The number of hydrogen-bond acceptors (Lipinski definition) is 6. The van der Waals surface area contributed by atoms with E-state index in [0.29, 0.717) is 34.9 Å². The molecule has 188 valence electrons. The number of amides is 2. The molecule has 9 nitrogen and oxygen atoms in total. The summed E-state index contributed by atoms with van der Waals surface area (Å²) in [7, 11) is 0. The van der Waals surface area contributed by atoms with Crippen LogP contribution in [0.2, 0.25) is 0 Å². The van der Waals surface area contributed by atoms with E-state index in [2.05, 4.69) is 15.8 Å². The molecular formula is C26H33N3O6. The van der Waals surface area contributed by atoms with E-state index in [-0.39, 0.29) is 43.3 Å². The number of hydrogen-bond donors (Lipinski definition) is 3. The third kappa shape index (κ3) is 5.28. The van der Waals surface area contributed by atoms with Gasteiger partial charge in [-0.05, 0) is 81.1 Å². The summed E-state index contributed by atoms with van der Waals surface area (Å²) >= 11 is 0. The van der Waals surface area contributed by atoms with E-state index in [9.17, 15) is 14.4 Å². The van der Waals surface area contributed by atoms with Gasteiger partial charge in [-0.3, -0.25) is 14.4 Å². The Morgan fingerprint density at radius 2 is 1.63 bits per heavy atom. The minimum atomic E-state index is -0.936. The van der Waals surface area contributed by atoms with Gasteiger partial charge < -0.3 is 19.9 Å². The van der Waals surface area contributed by atoms with Gasteiger partial charge >= 0.3 is 5.97 Å². The topological polar surface area (TPSA) is 126 Å². The lowest BCUT2D eigenvalue weighted by molar-refractivity contribution is -0.137. The number of fused-ring (bicyclic) bond motifs is 1. The molecule has 2 amide bonds. The van der Waals surface area contributed by atoms with Crippen molar-refractivity contribution in [3.8, 4) is 11.5 Å². The fourth-order valence-corrected chi connectivity index (χ4v) is 7.05. The Morgan fingerprint density at radius 3 is 2.26 bits per heavy atom. The van der Waals surface area contributed by atoms with Crippen molar-refractivity contribution in [1.29, 1.82) is 0 Å². The lowest BCUT2D eigenvalue weighted by Crippen LogP contribution is -2.47. The highest BCUT2D eigenvalue weighted by molar-refractivity contribution is 6.07. The molecule has 9 heteroatoms. The number of hydrazone groups is 1. The smallest absolute Gasteiger partial charge is 0.303 e. The van der Waals surface area contributed by atoms with Crippen LogP contribution in [0.3, 0.4) is 0 Å². The van der Waals surface area contributed by atoms with Crippen LogP contribution >= 0.6 is 0 Å². The van der Waals surface area contributed by atoms with Crippen LogP contribution in [-0.4, -0.2) is 35.4 Å². The normalized spacial score (nSPS) is 28.1. The number of nitrogens with one attached hydrogen (secondary N) is 2. The quantitative estimate of drug-likeness (QED) is 0.359. The minimum absolute atomic E-state index is 0.0636. The van der Waals surface area contributed by atoms with E-state index >= 15 is 0 Å². The standard InChI is InChI=1S/C26H33N3O6/c1-15(28-29-24(31)13-26-10-16-5-17(11-26)7-18(6-16)12-26)19-8-21-22(35-14-34-21)9-20(19)27-23(30)3-2-4-25(32)33/h8-9,16-18H,2-7,10-14H2,1H3,(H,27,30)(H,29,31)(H,32,33)/b28-15-. The van der Waals surface area contributed by atoms with Crippen molar-refractivity contribution >= 4 is 29.2 Å². The molecule has 0 spiro atoms. The molecule has 4 bridgehead atoms. The Bertz CT molecular complexity index is 1030. The first kappa shape index (κ1) is 23.6. The first-order valence-corrected chi connectivity index (χ1v) is 12.6.